The molecule has 26 heavy (non-hydrogen) atoms. The number of hydrogen-bond donors (Lipinski definition) is 0. The summed E-state index contributed by atoms with van der Waals surface area (Å²) in [7, 11) is 1.41. The number of hydrogen-bond acceptors (Lipinski definition) is 3. The summed E-state index contributed by atoms with van der Waals surface area (Å²) < 4.78 is 17.8. The minimum Gasteiger partial charge on any atom is -0.469 e. The van der Waals surface area contributed by atoms with Gasteiger partial charge < -0.3 is 4.74 Å². The van der Waals surface area contributed by atoms with Crippen molar-refractivity contribution < 1.29 is 13.9 Å². The van der Waals surface area contributed by atoms with E-state index in [1.807, 2.05) is 0 Å². The first-order valence-corrected chi connectivity index (χ1v) is 8.83. The van der Waals surface area contributed by atoms with Gasteiger partial charge in [-0.15, -0.1) is 0 Å². The van der Waals surface area contributed by atoms with Gasteiger partial charge in [-0.2, -0.15) is 0 Å². The molecule has 0 aliphatic rings. The van der Waals surface area contributed by atoms with Crippen LogP contribution in [0.15, 0.2) is 54.6 Å². The van der Waals surface area contributed by atoms with Crippen LogP contribution in [0.4, 0.5) is 4.39 Å². The smallest absolute Gasteiger partial charge is 0.305 e. The van der Waals surface area contributed by atoms with E-state index in [9.17, 15) is 9.18 Å². The molecule has 0 aromatic heterocycles. The van der Waals surface area contributed by atoms with Crippen LogP contribution in [0.1, 0.15) is 29.5 Å². The highest BCUT2D eigenvalue weighted by Gasteiger charge is 2.07. The summed E-state index contributed by atoms with van der Waals surface area (Å²) in [6, 6.07) is 14.9. The molecule has 0 amide bonds. The van der Waals surface area contributed by atoms with Crippen LogP contribution in [0.25, 0.3) is 6.08 Å². The minimum absolute atomic E-state index is 0.193. The normalized spacial score (nSPS) is 11.2. The fraction of sp³-hybridized carbons (Fsp3) is 0.318. The molecule has 0 atom stereocenters. The summed E-state index contributed by atoms with van der Waals surface area (Å²) >= 11 is 0. The highest BCUT2D eigenvalue weighted by atomic mass is 19.1. The zero-order valence-corrected chi connectivity index (χ0v) is 15.5. The predicted octanol–water partition coefficient (Wildman–Crippen LogP) is 4.60. The number of nitrogens with zero attached hydrogens (tertiary/aromatic N) is 1. The van der Waals surface area contributed by atoms with Gasteiger partial charge >= 0.3 is 5.97 Å². The molecule has 0 aliphatic heterocycles. The van der Waals surface area contributed by atoms with Crippen LogP contribution < -0.4 is 0 Å². The van der Waals surface area contributed by atoms with E-state index in [1.54, 1.807) is 12.1 Å². The number of esters is 1. The Hall–Kier alpha value is -2.46. The molecular weight excluding hydrogens is 329 g/mol. The van der Waals surface area contributed by atoms with Crippen molar-refractivity contribution in [3.05, 3.63) is 77.1 Å². The second-order valence-electron chi connectivity index (χ2n) is 6.35. The number of rotatable bonds is 9. The highest BCUT2D eigenvalue weighted by Crippen LogP contribution is 2.10. The van der Waals surface area contributed by atoms with Gasteiger partial charge in [0.05, 0.1) is 7.11 Å². The first kappa shape index (κ1) is 19.9. The molecule has 2 rings (SSSR count). The fourth-order valence-electron chi connectivity index (χ4n) is 2.65. The largest absolute Gasteiger partial charge is 0.469 e. The monoisotopic (exact) mass is 355 g/mol. The van der Waals surface area contributed by atoms with Crippen molar-refractivity contribution in [1.82, 2.24) is 4.90 Å². The van der Waals surface area contributed by atoms with Crippen molar-refractivity contribution >= 4 is 12.0 Å². The van der Waals surface area contributed by atoms with Crippen LogP contribution in [-0.2, 0) is 16.1 Å². The van der Waals surface area contributed by atoms with E-state index in [4.69, 9.17) is 4.74 Å². The number of halogens is 1. The number of carbonyl (C=O) groups excluding carboxylic acids is 1. The Kier molecular flexibility index (Phi) is 8.03. The molecule has 0 radical (unpaired) electrons. The molecule has 0 heterocycles. The van der Waals surface area contributed by atoms with Crippen LogP contribution in [-0.4, -0.2) is 31.1 Å². The second kappa shape index (κ2) is 10.5. The molecule has 0 aliphatic carbocycles. The zero-order chi connectivity index (χ0) is 18.8. The van der Waals surface area contributed by atoms with Gasteiger partial charge in [-0.1, -0.05) is 54.1 Å². The van der Waals surface area contributed by atoms with Gasteiger partial charge in [0, 0.05) is 19.5 Å². The summed E-state index contributed by atoms with van der Waals surface area (Å²) in [5.74, 6) is -0.424. The predicted molar refractivity (Wildman–Crippen MR) is 103 cm³/mol. The molecule has 0 unspecified atom stereocenters. The lowest BCUT2D eigenvalue weighted by atomic mass is 10.1. The summed E-state index contributed by atoms with van der Waals surface area (Å²) in [5.41, 5.74) is 3.45. The minimum atomic E-state index is -0.231. The maximum Gasteiger partial charge on any atom is 0.305 e. The molecule has 4 heteroatoms. The molecule has 0 spiro atoms. The van der Waals surface area contributed by atoms with E-state index in [1.165, 1.54) is 24.8 Å². The molecule has 2 aromatic rings. The third-order valence-electron chi connectivity index (χ3n) is 4.15. The second-order valence-corrected chi connectivity index (χ2v) is 6.35. The van der Waals surface area contributed by atoms with E-state index in [-0.39, 0.29) is 11.8 Å². The number of methoxy groups -OCH3 is 1. The van der Waals surface area contributed by atoms with E-state index < -0.39 is 0 Å². The zero-order valence-electron chi connectivity index (χ0n) is 15.5. The molecule has 138 valence electrons. The Labute approximate surface area is 155 Å². The lowest BCUT2D eigenvalue weighted by Crippen LogP contribution is -2.25. The van der Waals surface area contributed by atoms with Crippen LogP contribution in [0.3, 0.4) is 0 Å². The maximum absolute atomic E-state index is 13.1. The van der Waals surface area contributed by atoms with Crippen molar-refractivity contribution in [3.8, 4) is 0 Å². The van der Waals surface area contributed by atoms with E-state index in [2.05, 4.69) is 48.2 Å². The van der Waals surface area contributed by atoms with Crippen LogP contribution in [0.5, 0.6) is 0 Å². The lowest BCUT2D eigenvalue weighted by molar-refractivity contribution is -0.140. The molecule has 0 N–H and O–H groups in total. The van der Waals surface area contributed by atoms with Crippen LogP contribution >= 0.6 is 0 Å². The average Bonchev–Trinajstić information content (AvgIpc) is 2.64. The van der Waals surface area contributed by atoms with Gasteiger partial charge in [0.15, 0.2) is 0 Å². The summed E-state index contributed by atoms with van der Waals surface area (Å²) in [4.78, 5) is 13.6. The van der Waals surface area contributed by atoms with Crippen molar-refractivity contribution in [2.45, 2.75) is 26.3 Å². The number of benzene rings is 2. The van der Waals surface area contributed by atoms with Crippen molar-refractivity contribution in [2.75, 3.05) is 20.2 Å². The Balaban J connectivity index is 1.95. The molecule has 0 saturated carbocycles. The van der Waals surface area contributed by atoms with E-state index in [0.29, 0.717) is 13.0 Å². The standard InChI is InChI=1S/C22H26FNO2/c1-18-7-9-19(10-8-18)5-3-15-24(16-4-6-22(25)26-2)17-20-11-13-21(23)14-12-20/h3,5,7-14H,4,6,15-17H2,1-2H3. The first-order chi connectivity index (χ1) is 12.6. The topological polar surface area (TPSA) is 29.5 Å². The van der Waals surface area contributed by atoms with E-state index >= 15 is 0 Å². The van der Waals surface area contributed by atoms with Gasteiger partial charge in [0.2, 0.25) is 0 Å². The summed E-state index contributed by atoms with van der Waals surface area (Å²) in [6.45, 7) is 4.30. The average molecular weight is 355 g/mol. The third kappa shape index (κ3) is 7.19. The van der Waals surface area contributed by atoms with Gasteiger partial charge in [0.1, 0.15) is 5.82 Å². The number of aryl methyl sites for hydroxylation is 1. The Morgan fingerprint density at radius 3 is 2.46 bits per heavy atom. The Morgan fingerprint density at radius 1 is 1.12 bits per heavy atom. The quantitative estimate of drug-likeness (QED) is 0.616. The van der Waals surface area contributed by atoms with Crippen molar-refractivity contribution in [3.63, 3.8) is 0 Å². The molecule has 3 nitrogen and oxygen atoms in total. The van der Waals surface area contributed by atoms with Gasteiger partial charge in [0.25, 0.3) is 0 Å². The SMILES string of the molecule is COC(=O)CCCN(CC=Cc1ccc(C)cc1)Cc1ccc(F)cc1. The highest BCUT2D eigenvalue weighted by molar-refractivity contribution is 5.69. The number of carbonyl (C=O) groups is 1. The molecule has 0 fully saturated rings. The fourth-order valence-corrected chi connectivity index (χ4v) is 2.65. The third-order valence-corrected chi connectivity index (χ3v) is 4.15. The van der Waals surface area contributed by atoms with Crippen LogP contribution in [0, 0.1) is 12.7 Å². The van der Waals surface area contributed by atoms with Gasteiger partial charge in [-0.3, -0.25) is 9.69 Å². The number of ether oxygens (including phenoxy) is 1. The van der Waals surface area contributed by atoms with Crippen molar-refractivity contribution in [1.29, 1.82) is 0 Å². The summed E-state index contributed by atoms with van der Waals surface area (Å²) in [5, 5.41) is 0. The van der Waals surface area contributed by atoms with E-state index in [0.717, 1.165) is 30.6 Å². The molecular formula is C22H26FNO2. The van der Waals surface area contributed by atoms with Gasteiger partial charge in [-0.05, 0) is 43.1 Å². The summed E-state index contributed by atoms with van der Waals surface area (Å²) in [6.07, 6.45) is 5.34. The molecule has 0 saturated heterocycles. The first-order valence-electron chi connectivity index (χ1n) is 8.83. The lowest BCUT2D eigenvalue weighted by Gasteiger charge is -2.20. The molecule has 0 bridgehead atoms. The van der Waals surface area contributed by atoms with Gasteiger partial charge in [-0.25, -0.2) is 4.39 Å². The Bertz CT molecular complexity index is 708. The maximum atomic E-state index is 13.1. The van der Waals surface area contributed by atoms with Crippen molar-refractivity contribution in [2.24, 2.45) is 0 Å². The Morgan fingerprint density at radius 2 is 1.81 bits per heavy atom. The van der Waals surface area contributed by atoms with Crippen LogP contribution in [0.2, 0.25) is 0 Å². The molecule has 2 aromatic carbocycles.